The van der Waals surface area contributed by atoms with Crippen LogP contribution in [0.25, 0.3) is 0 Å². The van der Waals surface area contributed by atoms with Crippen LogP contribution in [0.15, 0.2) is 0 Å². The number of hydrogen-bond acceptors (Lipinski definition) is 5. The van der Waals surface area contributed by atoms with Crippen LogP contribution in [0.4, 0.5) is 4.79 Å². The fourth-order valence-electron chi connectivity index (χ4n) is 6.56. The van der Waals surface area contributed by atoms with E-state index in [0.717, 1.165) is 50.9 Å². The molecule has 5 aliphatic rings. The number of nitrogens with zero attached hydrogens (tertiary/aromatic N) is 3. The normalized spacial score (nSPS) is 42.6. The van der Waals surface area contributed by atoms with Gasteiger partial charge in [0.1, 0.15) is 0 Å². The molecular formula is C22H37N3O4. The van der Waals surface area contributed by atoms with Gasteiger partial charge in [0.25, 0.3) is 0 Å². The van der Waals surface area contributed by atoms with E-state index in [1.165, 1.54) is 12.8 Å². The van der Waals surface area contributed by atoms with E-state index in [1.54, 1.807) is 0 Å². The van der Waals surface area contributed by atoms with Crippen LogP contribution in [-0.2, 0) is 14.5 Å². The van der Waals surface area contributed by atoms with Crippen molar-refractivity contribution in [3.8, 4) is 0 Å². The van der Waals surface area contributed by atoms with Crippen molar-refractivity contribution < 1.29 is 19.3 Å². The lowest BCUT2D eigenvalue weighted by Gasteiger charge is -2.50. The molecule has 5 fully saturated rings. The third kappa shape index (κ3) is 3.48. The summed E-state index contributed by atoms with van der Waals surface area (Å²) >= 11 is 0. The zero-order valence-corrected chi connectivity index (χ0v) is 18.3. The van der Waals surface area contributed by atoms with Crippen LogP contribution in [0, 0.1) is 23.7 Å². The number of piperidine rings is 1. The molecule has 5 unspecified atom stereocenters. The molecule has 2 amide bonds. The third-order valence-corrected chi connectivity index (χ3v) is 8.22. The second-order valence-corrected chi connectivity index (χ2v) is 10.5. The molecule has 164 valence electrons. The molecule has 2 saturated carbocycles. The van der Waals surface area contributed by atoms with Crippen LogP contribution < -0.4 is 0 Å². The van der Waals surface area contributed by atoms with Crippen LogP contribution in [0.1, 0.15) is 52.4 Å². The van der Waals surface area contributed by atoms with E-state index >= 15 is 0 Å². The summed E-state index contributed by atoms with van der Waals surface area (Å²) < 4.78 is 6.75. The van der Waals surface area contributed by atoms with E-state index in [9.17, 15) is 4.79 Å². The van der Waals surface area contributed by atoms with Crippen LogP contribution in [0.5, 0.6) is 0 Å². The smallest absolute Gasteiger partial charge is 0.320 e. The van der Waals surface area contributed by atoms with Crippen molar-refractivity contribution >= 4 is 6.03 Å². The van der Waals surface area contributed by atoms with Crippen molar-refractivity contribution in [2.45, 2.75) is 63.9 Å². The Hall–Kier alpha value is -0.890. The van der Waals surface area contributed by atoms with Gasteiger partial charge in [-0.3, -0.25) is 0 Å². The van der Waals surface area contributed by atoms with E-state index in [1.807, 2.05) is 9.80 Å². The standard InChI is InChI=1S/C22H37N3O4/c1-16-12-18-14-17(2)22(19(13-16)15-18)27-21(28-29-22)4-6-24(7-5-21)20(26)25-10-8-23(3)9-11-25/h16-19H,4-15H2,1-3H3. The fraction of sp³-hybridized carbons (Fsp3) is 0.955. The zero-order chi connectivity index (χ0) is 20.2. The first-order valence-electron chi connectivity index (χ1n) is 11.7. The molecule has 2 bridgehead atoms. The van der Waals surface area contributed by atoms with Crippen LogP contribution >= 0.6 is 0 Å². The molecule has 2 aliphatic carbocycles. The number of rotatable bonds is 0. The average Bonchev–Trinajstić information content (AvgIpc) is 3.07. The Kier molecular flexibility index (Phi) is 5.09. The van der Waals surface area contributed by atoms with Gasteiger partial charge in [0, 0.05) is 63.9 Å². The van der Waals surface area contributed by atoms with Gasteiger partial charge < -0.3 is 19.4 Å². The molecule has 0 N–H and O–H groups in total. The average molecular weight is 408 g/mol. The summed E-state index contributed by atoms with van der Waals surface area (Å²) in [6.45, 7) is 9.49. The van der Waals surface area contributed by atoms with Crippen LogP contribution in [0.2, 0.25) is 0 Å². The summed E-state index contributed by atoms with van der Waals surface area (Å²) in [4.78, 5) is 31.2. The minimum atomic E-state index is -0.680. The maximum atomic E-state index is 12.9. The molecule has 3 saturated heterocycles. The van der Waals surface area contributed by atoms with Crippen molar-refractivity contribution in [1.82, 2.24) is 14.7 Å². The minimum Gasteiger partial charge on any atom is -0.324 e. The summed E-state index contributed by atoms with van der Waals surface area (Å²) in [6.07, 6.45) is 6.23. The zero-order valence-electron chi connectivity index (χ0n) is 18.3. The van der Waals surface area contributed by atoms with Gasteiger partial charge in [-0.1, -0.05) is 13.8 Å². The highest BCUT2D eigenvalue weighted by Crippen LogP contribution is 2.57. The quantitative estimate of drug-likeness (QED) is 0.578. The Balaban J connectivity index is 1.22. The van der Waals surface area contributed by atoms with E-state index in [4.69, 9.17) is 14.5 Å². The number of fused-ring (bicyclic) bond motifs is 3. The molecule has 3 aliphatic heterocycles. The summed E-state index contributed by atoms with van der Waals surface area (Å²) in [5.41, 5.74) is 0. The summed E-state index contributed by atoms with van der Waals surface area (Å²) in [7, 11) is 2.11. The van der Waals surface area contributed by atoms with Gasteiger partial charge in [-0.15, -0.1) is 0 Å². The van der Waals surface area contributed by atoms with Crippen LogP contribution in [-0.4, -0.2) is 78.6 Å². The van der Waals surface area contributed by atoms with Gasteiger partial charge in [0.15, 0.2) is 0 Å². The van der Waals surface area contributed by atoms with Gasteiger partial charge >= 0.3 is 6.03 Å². The number of urea groups is 1. The van der Waals surface area contributed by atoms with Crippen LogP contribution in [0.3, 0.4) is 0 Å². The predicted molar refractivity (Wildman–Crippen MR) is 108 cm³/mol. The molecule has 3 heterocycles. The minimum absolute atomic E-state index is 0.163. The largest absolute Gasteiger partial charge is 0.324 e. The molecule has 0 aromatic carbocycles. The highest BCUT2D eigenvalue weighted by atomic mass is 17.3. The number of likely N-dealkylation sites (N-methyl/N-ethyl adjacent to an activating group) is 1. The van der Waals surface area contributed by atoms with Crippen molar-refractivity contribution in [2.24, 2.45) is 23.7 Å². The van der Waals surface area contributed by atoms with Crippen molar-refractivity contribution in [2.75, 3.05) is 46.3 Å². The van der Waals surface area contributed by atoms with Gasteiger partial charge in [-0.2, -0.15) is 9.78 Å². The number of hydrogen-bond donors (Lipinski definition) is 0. The Morgan fingerprint density at radius 1 is 0.862 bits per heavy atom. The number of piperazine rings is 1. The summed E-state index contributed by atoms with van der Waals surface area (Å²) in [6, 6.07) is 0.163. The number of likely N-dealkylation sites (tertiary alicyclic amines) is 1. The highest BCUT2D eigenvalue weighted by Gasteiger charge is 2.63. The number of carbonyl (C=O) groups excluding carboxylic acids is 1. The van der Waals surface area contributed by atoms with Crippen molar-refractivity contribution in [3.05, 3.63) is 0 Å². The molecule has 0 aromatic heterocycles. The molecule has 5 atom stereocenters. The molecular weight excluding hydrogens is 370 g/mol. The predicted octanol–water partition coefficient (Wildman–Crippen LogP) is 2.91. The number of ether oxygens (including phenoxy) is 1. The Morgan fingerprint density at radius 2 is 1.55 bits per heavy atom. The molecule has 29 heavy (non-hydrogen) atoms. The maximum Gasteiger partial charge on any atom is 0.320 e. The molecule has 0 aromatic rings. The van der Waals surface area contributed by atoms with E-state index in [0.29, 0.717) is 37.8 Å². The molecule has 7 heteroatoms. The lowest BCUT2D eigenvalue weighted by molar-refractivity contribution is -0.380. The Bertz CT molecular complexity index is 626. The molecule has 5 rings (SSSR count). The first-order valence-corrected chi connectivity index (χ1v) is 11.7. The first-order chi connectivity index (χ1) is 13.9. The monoisotopic (exact) mass is 407 g/mol. The van der Waals surface area contributed by atoms with Gasteiger partial charge in [0.05, 0.1) is 0 Å². The molecule has 0 radical (unpaired) electrons. The summed E-state index contributed by atoms with van der Waals surface area (Å²) in [5, 5.41) is 0. The second-order valence-electron chi connectivity index (χ2n) is 10.5. The van der Waals surface area contributed by atoms with Crippen molar-refractivity contribution in [1.29, 1.82) is 0 Å². The lowest BCUT2D eigenvalue weighted by Crippen LogP contribution is -2.57. The number of amides is 2. The molecule has 2 spiro atoms. The first kappa shape index (κ1) is 20.0. The van der Waals surface area contributed by atoms with E-state index in [2.05, 4.69) is 25.8 Å². The Labute approximate surface area is 174 Å². The van der Waals surface area contributed by atoms with E-state index < -0.39 is 11.6 Å². The Morgan fingerprint density at radius 3 is 2.28 bits per heavy atom. The highest BCUT2D eigenvalue weighted by molar-refractivity contribution is 5.74. The fourth-order valence-corrected chi connectivity index (χ4v) is 6.56. The lowest BCUT2D eigenvalue weighted by atomic mass is 9.62. The van der Waals surface area contributed by atoms with Gasteiger partial charge in [-0.25, -0.2) is 4.79 Å². The van der Waals surface area contributed by atoms with E-state index in [-0.39, 0.29) is 6.03 Å². The van der Waals surface area contributed by atoms with Gasteiger partial charge in [-0.05, 0) is 44.6 Å². The SMILES string of the molecule is CC1CC2CC(C)C3(OOC4(CCN(C(=O)N5CCN(C)CC5)CC4)O3)C(C1)C2. The second kappa shape index (κ2) is 7.36. The third-order valence-electron chi connectivity index (χ3n) is 8.22. The summed E-state index contributed by atoms with van der Waals surface area (Å²) in [5.74, 6) is 1.04. The topological polar surface area (TPSA) is 54.5 Å². The van der Waals surface area contributed by atoms with Crippen molar-refractivity contribution in [3.63, 3.8) is 0 Å². The van der Waals surface area contributed by atoms with Gasteiger partial charge in [0.2, 0.25) is 11.6 Å². The maximum absolute atomic E-state index is 12.9. The number of carbonyl (C=O) groups is 1. The molecule has 7 nitrogen and oxygen atoms in total.